The van der Waals surface area contributed by atoms with E-state index in [9.17, 15) is 4.79 Å². The van der Waals surface area contributed by atoms with E-state index < -0.39 is 0 Å². The van der Waals surface area contributed by atoms with Crippen molar-refractivity contribution in [2.24, 2.45) is 5.10 Å². The second kappa shape index (κ2) is 8.07. The molecule has 0 fully saturated rings. The predicted octanol–water partition coefficient (Wildman–Crippen LogP) is 3.85. The summed E-state index contributed by atoms with van der Waals surface area (Å²) >= 11 is 4.63. The number of methoxy groups -OCH3 is 1. The third-order valence-corrected chi connectivity index (χ3v) is 4.47. The van der Waals surface area contributed by atoms with Crippen LogP contribution in [0.2, 0.25) is 0 Å². The fourth-order valence-electron chi connectivity index (χ4n) is 1.76. The number of anilines is 1. The summed E-state index contributed by atoms with van der Waals surface area (Å²) in [6.45, 7) is 3.87. The molecule has 6 nitrogen and oxygen atoms in total. The Morgan fingerprint density at radius 2 is 2.30 bits per heavy atom. The van der Waals surface area contributed by atoms with E-state index in [0.717, 1.165) is 15.8 Å². The van der Waals surface area contributed by atoms with Crippen LogP contribution in [0.1, 0.15) is 27.9 Å². The first kappa shape index (κ1) is 17.4. The van der Waals surface area contributed by atoms with Crippen LogP contribution in [0.15, 0.2) is 27.8 Å². The number of carbonyl (C=O) groups is 1. The fraction of sp³-hybridized carbons (Fsp3) is 0.267. The summed E-state index contributed by atoms with van der Waals surface area (Å²) in [6.07, 6.45) is 1.66. The van der Waals surface area contributed by atoms with Crippen LogP contribution in [-0.2, 0) is 4.74 Å². The van der Waals surface area contributed by atoms with Crippen LogP contribution in [0, 0.1) is 6.92 Å². The van der Waals surface area contributed by atoms with Crippen molar-refractivity contribution in [2.75, 3.05) is 19.1 Å². The zero-order valence-electron chi connectivity index (χ0n) is 12.9. The first-order valence-corrected chi connectivity index (χ1v) is 8.43. The van der Waals surface area contributed by atoms with Crippen LogP contribution in [-0.4, -0.2) is 30.9 Å². The van der Waals surface area contributed by atoms with E-state index in [-0.39, 0.29) is 5.97 Å². The highest BCUT2D eigenvalue weighted by molar-refractivity contribution is 9.10. The summed E-state index contributed by atoms with van der Waals surface area (Å²) in [6, 6.07) is 5.62. The molecule has 0 spiro atoms. The van der Waals surface area contributed by atoms with E-state index in [1.807, 2.05) is 18.2 Å². The zero-order valence-corrected chi connectivity index (χ0v) is 15.3. The SMILES string of the molecule is CCOC(=O)c1sc(N/N=C/c2ccc(OC)c(Br)c2)nc1C. The number of nitrogens with one attached hydrogen (secondary N) is 1. The lowest BCUT2D eigenvalue weighted by molar-refractivity contribution is 0.0531. The monoisotopic (exact) mass is 397 g/mol. The number of carbonyl (C=O) groups excluding carboxylic acids is 1. The molecule has 8 heteroatoms. The number of halogens is 1. The molecule has 1 heterocycles. The molecule has 0 saturated heterocycles. The summed E-state index contributed by atoms with van der Waals surface area (Å²) in [5, 5.41) is 4.66. The smallest absolute Gasteiger partial charge is 0.350 e. The van der Waals surface area contributed by atoms with Gasteiger partial charge in [0.2, 0.25) is 5.13 Å². The quantitative estimate of drug-likeness (QED) is 0.455. The molecule has 1 aromatic heterocycles. The number of hydrazone groups is 1. The number of aromatic nitrogens is 1. The van der Waals surface area contributed by atoms with Gasteiger partial charge in [0.1, 0.15) is 10.6 Å². The molecule has 1 N–H and O–H groups in total. The summed E-state index contributed by atoms with van der Waals surface area (Å²) in [4.78, 5) is 16.5. The number of thiazole rings is 1. The summed E-state index contributed by atoms with van der Waals surface area (Å²) in [5.41, 5.74) is 4.34. The van der Waals surface area contributed by atoms with Crippen LogP contribution >= 0.6 is 27.3 Å². The van der Waals surface area contributed by atoms with E-state index in [1.54, 1.807) is 27.2 Å². The second-order valence-electron chi connectivity index (χ2n) is 4.42. The highest BCUT2D eigenvalue weighted by Gasteiger charge is 2.15. The minimum Gasteiger partial charge on any atom is -0.496 e. The van der Waals surface area contributed by atoms with Crippen molar-refractivity contribution in [1.82, 2.24) is 4.98 Å². The van der Waals surface area contributed by atoms with Gasteiger partial charge in [-0.25, -0.2) is 9.78 Å². The maximum absolute atomic E-state index is 11.7. The number of hydrogen-bond donors (Lipinski definition) is 1. The molecular formula is C15H16BrN3O3S. The number of ether oxygens (including phenoxy) is 2. The number of esters is 1. The van der Waals surface area contributed by atoms with Crippen LogP contribution < -0.4 is 10.2 Å². The number of benzene rings is 1. The van der Waals surface area contributed by atoms with Crippen LogP contribution in [0.4, 0.5) is 5.13 Å². The highest BCUT2D eigenvalue weighted by atomic mass is 79.9. The zero-order chi connectivity index (χ0) is 16.8. The van der Waals surface area contributed by atoms with Gasteiger partial charge in [-0.3, -0.25) is 5.43 Å². The summed E-state index contributed by atoms with van der Waals surface area (Å²) in [7, 11) is 1.61. The van der Waals surface area contributed by atoms with Crippen molar-refractivity contribution in [1.29, 1.82) is 0 Å². The molecule has 0 radical (unpaired) electrons. The number of nitrogens with zero attached hydrogens (tertiary/aromatic N) is 2. The first-order valence-electron chi connectivity index (χ1n) is 6.82. The van der Waals surface area contributed by atoms with Crippen molar-refractivity contribution in [3.05, 3.63) is 38.8 Å². The molecule has 0 bridgehead atoms. The third-order valence-electron chi connectivity index (χ3n) is 2.81. The Bertz CT molecular complexity index is 731. The molecular weight excluding hydrogens is 382 g/mol. The lowest BCUT2D eigenvalue weighted by atomic mass is 10.2. The van der Waals surface area contributed by atoms with E-state index in [1.165, 1.54) is 11.3 Å². The number of hydrogen-bond acceptors (Lipinski definition) is 7. The second-order valence-corrected chi connectivity index (χ2v) is 6.27. The van der Waals surface area contributed by atoms with E-state index in [2.05, 4.69) is 31.4 Å². The van der Waals surface area contributed by atoms with Crippen molar-refractivity contribution in [3.8, 4) is 5.75 Å². The van der Waals surface area contributed by atoms with Gasteiger partial charge in [-0.2, -0.15) is 5.10 Å². The van der Waals surface area contributed by atoms with Crippen LogP contribution in [0.25, 0.3) is 0 Å². The van der Waals surface area contributed by atoms with Gasteiger partial charge in [-0.05, 0) is 53.5 Å². The lowest BCUT2D eigenvalue weighted by Crippen LogP contribution is -2.03. The standard InChI is InChI=1S/C15H16BrN3O3S/c1-4-22-14(20)13-9(2)18-15(23-13)19-17-8-10-5-6-12(21-3)11(16)7-10/h5-8H,4H2,1-3H3,(H,18,19)/b17-8+. The van der Waals surface area contributed by atoms with Gasteiger partial charge in [0, 0.05) is 0 Å². The Hall–Kier alpha value is -1.93. The minimum atomic E-state index is -0.362. The van der Waals surface area contributed by atoms with E-state index in [4.69, 9.17) is 9.47 Å². The molecule has 2 aromatic rings. The Balaban J connectivity index is 2.04. The topological polar surface area (TPSA) is 72.8 Å². The molecule has 2 rings (SSSR count). The minimum absolute atomic E-state index is 0.337. The molecule has 122 valence electrons. The van der Waals surface area contributed by atoms with Crippen molar-refractivity contribution in [2.45, 2.75) is 13.8 Å². The van der Waals surface area contributed by atoms with Crippen molar-refractivity contribution < 1.29 is 14.3 Å². The molecule has 0 aliphatic rings. The predicted molar refractivity (Wildman–Crippen MR) is 94.7 cm³/mol. The van der Waals surface area contributed by atoms with Gasteiger partial charge in [0.15, 0.2) is 0 Å². The molecule has 0 saturated carbocycles. The Morgan fingerprint density at radius 3 is 2.96 bits per heavy atom. The molecule has 0 aliphatic heterocycles. The number of rotatable bonds is 6. The molecule has 0 aliphatic carbocycles. The van der Waals surface area contributed by atoms with Gasteiger partial charge >= 0.3 is 5.97 Å². The Kier molecular flexibility index (Phi) is 6.12. The Labute approximate surface area is 146 Å². The van der Waals surface area contributed by atoms with Gasteiger partial charge in [-0.1, -0.05) is 11.3 Å². The molecule has 0 atom stereocenters. The molecule has 1 aromatic carbocycles. The summed E-state index contributed by atoms with van der Waals surface area (Å²) < 4.78 is 11.0. The van der Waals surface area contributed by atoms with Crippen molar-refractivity contribution >= 4 is 44.6 Å². The molecule has 23 heavy (non-hydrogen) atoms. The summed E-state index contributed by atoms with van der Waals surface area (Å²) in [5.74, 6) is 0.392. The molecule has 0 unspecified atom stereocenters. The number of aryl methyl sites for hydroxylation is 1. The lowest BCUT2D eigenvalue weighted by Gasteiger charge is -2.02. The van der Waals surface area contributed by atoms with Crippen LogP contribution in [0.5, 0.6) is 5.75 Å². The van der Waals surface area contributed by atoms with Gasteiger partial charge in [-0.15, -0.1) is 0 Å². The fourth-order valence-corrected chi connectivity index (χ4v) is 3.12. The van der Waals surface area contributed by atoms with Crippen molar-refractivity contribution in [3.63, 3.8) is 0 Å². The average Bonchev–Trinajstić information content (AvgIpc) is 2.89. The third kappa shape index (κ3) is 4.52. The average molecular weight is 398 g/mol. The van der Waals surface area contributed by atoms with E-state index in [0.29, 0.717) is 22.3 Å². The maximum atomic E-state index is 11.7. The van der Waals surface area contributed by atoms with Crippen LogP contribution in [0.3, 0.4) is 0 Å². The first-order chi connectivity index (χ1) is 11.0. The van der Waals surface area contributed by atoms with Gasteiger partial charge < -0.3 is 9.47 Å². The molecule has 0 amide bonds. The highest BCUT2D eigenvalue weighted by Crippen LogP contribution is 2.25. The normalized spacial score (nSPS) is 10.8. The van der Waals surface area contributed by atoms with Gasteiger partial charge in [0.05, 0.1) is 30.1 Å². The van der Waals surface area contributed by atoms with Gasteiger partial charge in [0.25, 0.3) is 0 Å². The van der Waals surface area contributed by atoms with E-state index >= 15 is 0 Å². The largest absolute Gasteiger partial charge is 0.496 e. The maximum Gasteiger partial charge on any atom is 0.350 e. The Morgan fingerprint density at radius 1 is 1.52 bits per heavy atom.